The summed E-state index contributed by atoms with van der Waals surface area (Å²) >= 11 is 0. The van der Waals surface area contributed by atoms with Crippen molar-refractivity contribution in [3.8, 4) is 0 Å². The van der Waals surface area contributed by atoms with E-state index in [-0.39, 0.29) is 17.7 Å². The van der Waals surface area contributed by atoms with Crippen LogP contribution in [0.4, 0.5) is 5.69 Å². The summed E-state index contributed by atoms with van der Waals surface area (Å²) in [4.78, 5) is 32.2. The van der Waals surface area contributed by atoms with Gasteiger partial charge in [0.1, 0.15) is 0 Å². The molecule has 0 aromatic heterocycles. The van der Waals surface area contributed by atoms with Crippen molar-refractivity contribution in [3.63, 3.8) is 0 Å². The van der Waals surface area contributed by atoms with Gasteiger partial charge in [-0.05, 0) is 19.2 Å². The summed E-state index contributed by atoms with van der Waals surface area (Å²) in [5, 5.41) is 21.8. The second kappa shape index (κ2) is 9.70. The average molecular weight is 307 g/mol. The maximum atomic E-state index is 11.6. The highest BCUT2D eigenvalue weighted by atomic mass is 16.6. The van der Waals surface area contributed by atoms with E-state index in [0.29, 0.717) is 0 Å². The number of carboxylic acids is 1. The van der Waals surface area contributed by atoms with Gasteiger partial charge >= 0.3 is 5.97 Å². The molecule has 0 heterocycles. The van der Waals surface area contributed by atoms with Gasteiger partial charge in [-0.3, -0.25) is 14.9 Å². The van der Waals surface area contributed by atoms with Gasteiger partial charge in [-0.2, -0.15) is 0 Å². The summed E-state index contributed by atoms with van der Waals surface area (Å²) in [5.41, 5.74) is 4.01. The summed E-state index contributed by atoms with van der Waals surface area (Å²) < 4.78 is 0. The largest absolute Gasteiger partial charge is 0.478 e. The normalized spacial score (nSPS) is 9.50. The molecule has 1 rings (SSSR count). The molecule has 4 N–H and O–H groups in total. The van der Waals surface area contributed by atoms with Crippen LogP contribution in [0.3, 0.4) is 0 Å². The van der Waals surface area contributed by atoms with E-state index in [1.54, 1.807) is 6.08 Å². The van der Waals surface area contributed by atoms with E-state index in [9.17, 15) is 19.7 Å². The number of hydrogen-bond donors (Lipinski definition) is 3. The average Bonchev–Trinajstić information content (AvgIpc) is 2.52. The predicted molar refractivity (Wildman–Crippen MR) is 81.6 cm³/mol. The molecule has 0 saturated heterocycles. The first kappa shape index (κ1) is 18.8. The number of hydrogen-bond acceptors (Lipinski definition) is 5. The zero-order valence-electron chi connectivity index (χ0n) is 12.0. The molecule has 1 aromatic rings. The molecule has 0 aliphatic heterocycles. The number of nitrogens with one attached hydrogen (secondary N) is 1. The van der Waals surface area contributed by atoms with E-state index >= 15 is 0 Å². The Bertz CT molecular complexity index is 560. The topological polar surface area (TPSA) is 136 Å². The van der Waals surface area contributed by atoms with E-state index in [2.05, 4.69) is 11.9 Å². The van der Waals surface area contributed by atoms with Crippen LogP contribution in [-0.4, -0.2) is 28.5 Å². The third-order valence-corrected chi connectivity index (χ3v) is 2.24. The number of carbonyl (C=O) groups excluding carboxylic acids is 1. The highest BCUT2D eigenvalue weighted by Crippen LogP contribution is 2.17. The standard InChI is InChI=1S/C11H10N2O5.C3H7N/c1-2-3-12-10(14)7-4-8(11(15)16)6-9(5-7)13(17)18;1-2-3-4/h2,4-6H,1,3H2,(H,12,14)(H,15,16);2-3H,4H2,1H3. The second-order valence-electron chi connectivity index (χ2n) is 3.86. The number of allylic oxidation sites excluding steroid dienone is 1. The molecular formula is C14H17N3O5. The van der Waals surface area contributed by atoms with E-state index in [4.69, 9.17) is 10.8 Å². The number of nitro benzene ring substituents is 1. The number of non-ortho nitro benzene ring substituents is 1. The summed E-state index contributed by atoms with van der Waals surface area (Å²) in [5.74, 6) is -1.93. The molecule has 0 aliphatic carbocycles. The van der Waals surface area contributed by atoms with Gasteiger partial charge in [0.25, 0.3) is 11.6 Å². The van der Waals surface area contributed by atoms with E-state index in [0.717, 1.165) is 18.2 Å². The number of carbonyl (C=O) groups is 2. The molecule has 22 heavy (non-hydrogen) atoms. The monoisotopic (exact) mass is 307 g/mol. The van der Waals surface area contributed by atoms with Gasteiger partial charge in [-0.1, -0.05) is 12.2 Å². The third-order valence-electron chi connectivity index (χ3n) is 2.24. The predicted octanol–water partition coefficient (Wildman–Crippen LogP) is 1.69. The number of nitrogens with zero attached hydrogens (tertiary/aromatic N) is 1. The minimum Gasteiger partial charge on any atom is -0.478 e. The molecule has 1 amide bonds. The second-order valence-corrected chi connectivity index (χ2v) is 3.86. The first-order valence-corrected chi connectivity index (χ1v) is 6.12. The fraction of sp³-hybridized carbons (Fsp3) is 0.143. The maximum Gasteiger partial charge on any atom is 0.335 e. The molecule has 0 spiro atoms. The fourth-order valence-electron chi connectivity index (χ4n) is 1.24. The van der Waals surface area contributed by atoms with Gasteiger partial charge in [0, 0.05) is 24.2 Å². The van der Waals surface area contributed by atoms with Crippen LogP contribution in [0.5, 0.6) is 0 Å². The van der Waals surface area contributed by atoms with Crippen LogP contribution in [0.1, 0.15) is 27.6 Å². The fourth-order valence-corrected chi connectivity index (χ4v) is 1.24. The van der Waals surface area contributed by atoms with Crippen LogP contribution < -0.4 is 11.1 Å². The Balaban J connectivity index is 0.000000980. The van der Waals surface area contributed by atoms with Crippen LogP contribution in [0, 0.1) is 10.1 Å². The van der Waals surface area contributed by atoms with Gasteiger partial charge in [0.2, 0.25) is 0 Å². The number of nitrogens with two attached hydrogens (primary N) is 1. The Morgan fingerprint density at radius 2 is 1.95 bits per heavy atom. The summed E-state index contributed by atoms with van der Waals surface area (Å²) in [6, 6.07) is 2.99. The lowest BCUT2D eigenvalue weighted by molar-refractivity contribution is -0.384. The molecule has 0 aliphatic rings. The van der Waals surface area contributed by atoms with Crippen molar-refractivity contribution in [2.45, 2.75) is 6.92 Å². The Morgan fingerprint density at radius 3 is 2.36 bits per heavy atom. The van der Waals surface area contributed by atoms with Crippen molar-refractivity contribution < 1.29 is 19.6 Å². The van der Waals surface area contributed by atoms with Gasteiger partial charge in [-0.25, -0.2) is 4.79 Å². The number of nitro groups is 1. The first-order valence-electron chi connectivity index (χ1n) is 6.12. The van der Waals surface area contributed by atoms with Crippen LogP contribution in [0.25, 0.3) is 0 Å². The molecule has 1 aromatic carbocycles. The number of carboxylic acid groups (broad SMARTS) is 1. The highest BCUT2D eigenvalue weighted by Gasteiger charge is 2.17. The Labute approximate surface area is 127 Å². The molecule has 0 saturated carbocycles. The van der Waals surface area contributed by atoms with Gasteiger partial charge in [0.15, 0.2) is 0 Å². The molecule has 118 valence electrons. The number of amides is 1. The molecule has 0 unspecified atom stereocenters. The van der Waals surface area contributed by atoms with Crippen molar-refractivity contribution in [3.05, 3.63) is 64.4 Å². The lowest BCUT2D eigenvalue weighted by Gasteiger charge is -2.03. The van der Waals surface area contributed by atoms with E-state index in [1.165, 1.54) is 12.3 Å². The molecule has 0 fully saturated rings. The third kappa shape index (κ3) is 6.33. The zero-order chi connectivity index (χ0) is 17.1. The van der Waals surface area contributed by atoms with Gasteiger partial charge in [0.05, 0.1) is 10.5 Å². The number of benzene rings is 1. The lowest BCUT2D eigenvalue weighted by Crippen LogP contribution is -2.23. The Hall–Kier alpha value is -3.16. The quantitative estimate of drug-likeness (QED) is 0.430. The molecule has 8 heteroatoms. The first-order chi connectivity index (χ1) is 10.4. The zero-order valence-corrected chi connectivity index (χ0v) is 12.0. The lowest BCUT2D eigenvalue weighted by atomic mass is 10.1. The van der Waals surface area contributed by atoms with Crippen molar-refractivity contribution >= 4 is 17.6 Å². The number of aromatic carboxylic acids is 1. The van der Waals surface area contributed by atoms with Crippen molar-refractivity contribution in [1.82, 2.24) is 5.32 Å². The smallest absolute Gasteiger partial charge is 0.335 e. The minimum absolute atomic E-state index is 0.0801. The molecule has 0 atom stereocenters. The number of rotatable bonds is 5. The Morgan fingerprint density at radius 1 is 1.41 bits per heavy atom. The van der Waals surface area contributed by atoms with Crippen LogP contribution in [0.2, 0.25) is 0 Å². The van der Waals surface area contributed by atoms with Crippen molar-refractivity contribution in [2.75, 3.05) is 6.54 Å². The summed E-state index contributed by atoms with van der Waals surface area (Å²) in [7, 11) is 0. The van der Waals surface area contributed by atoms with Crippen LogP contribution in [-0.2, 0) is 0 Å². The van der Waals surface area contributed by atoms with Crippen LogP contribution >= 0.6 is 0 Å². The van der Waals surface area contributed by atoms with Crippen molar-refractivity contribution in [2.24, 2.45) is 5.73 Å². The van der Waals surface area contributed by atoms with Gasteiger partial charge in [-0.15, -0.1) is 6.58 Å². The molecular weight excluding hydrogens is 290 g/mol. The molecule has 0 radical (unpaired) electrons. The SMILES string of the molecule is C=CCNC(=O)c1cc(C(=O)O)cc([N+](=O)[O-])c1.CC=CN. The minimum atomic E-state index is -1.34. The van der Waals surface area contributed by atoms with Gasteiger partial charge < -0.3 is 16.2 Å². The van der Waals surface area contributed by atoms with Crippen LogP contribution in [0.15, 0.2) is 43.1 Å². The van der Waals surface area contributed by atoms with Crippen molar-refractivity contribution in [1.29, 1.82) is 0 Å². The molecule has 0 bridgehead atoms. The maximum absolute atomic E-state index is 11.6. The Kier molecular flexibility index (Phi) is 8.31. The highest BCUT2D eigenvalue weighted by molar-refractivity contribution is 5.98. The summed E-state index contributed by atoms with van der Waals surface area (Å²) in [6.45, 7) is 5.46. The van der Waals surface area contributed by atoms with E-state index < -0.39 is 22.5 Å². The molecule has 8 nitrogen and oxygen atoms in total. The van der Waals surface area contributed by atoms with E-state index in [1.807, 2.05) is 6.92 Å². The summed E-state index contributed by atoms with van der Waals surface area (Å²) in [6.07, 6.45) is 4.72.